The van der Waals surface area contributed by atoms with Gasteiger partial charge in [0.1, 0.15) is 0 Å². The van der Waals surface area contributed by atoms with E-state index in [0.717, 1.165) is 28.3 Å². The van der Waals surface area contributed by atoms with Crippen LogP contribution in [0, 0.1) is 0 Å². The summed E-state index contributed by atoms with van der Waals surface area (Å²) in [6, 6.07) is 37.7. The summed E-state index contributed by atoms with van der Waals surface area (Å²) in [5, 5.41) is 2.53. The summed E-state index contributed by atoms with van der Waals surface area (Å²) in [5.74, 6) is 0.732. The maximum absolute atomic E-state index is 4.79. The van der Waals surface area contributed by atoms with E-state index < -0.39 is 0 Å². The van der Waals surface area contributed by atoms with Crippen molar-refractivity contribution < 1.29 is 0 Å². The SMILES string of the molecule is c1ccc(-c2ccnc(-c3ccc(-n4c5ccccc5c5ccccc54)cc3)n2)cc1. The molecule has 31 heavy (non-hydrogen) atoms. The van der Waals surface area contributed by atoms with Gasteiger partial charge in [-0.25, -0.2) is 9.97 Å². The van der Waals surface area contributed by atoms with E-state index in [2.05, 4.69) is 94.5 Å². The van der Waals surface area contributed by atoms with Gasteiger partial charge in [-0.1, -0.05) is 66.7 Å². The maximum Gasteiger partial charge on any atom is 0.159 e. The molecule has 3 nitrogen and oxygen atoms in total. The van der Waals surface area contributed by atoms with E-state index in [1.165, 1.54) is 21.8 Å². The first-order valence-electron chi connectivity index (χ1n) is 10.4. The van der Waals surface area contributed by atoms with Crippen LogP contribution < -0.4 is 0 Å². The zero-order valence-electron chi connectivity index (χ0n) is 16.8. The van der Waals surface area contributed by atoms with Gasteiger partial charge in [-0.3, -0.25) is 0 Å². The van der Waals surface area contributed by atoms with Crippen molar-refractivity contribution in [2.75, 3.05) is 0 Å². The lowest BCUT2D eigenvalue weighted by Crippen LogP contribution is -1.95. The summed E-state index contributed by atoms with van der Waals surface area (Å²) >= 11 is 0. The molecule has 0 aliphatic heterocycles. The molecule has 2 aromatic heterocycles. The highest BCUT2D eigenvalue weighted by atomic mass is 15.0. The molecular weight excluding hydrogens is 378 g/mol. The summed E-state index contributed by atoms with van der Waals surface area (Å²) < 4.78 is 2.32. The third kappa shape index (κ3) is 2.99. The number of benzene rings is 4. The maximum atomic E-state index is 4.79. The molecule has 6 aromatic rings. The topological polar surface area (TPSA) is 30.7 Å². The lowest BCUT2D eigenvalue weighted by atomic mass is 10.1. The zero-order chi connectivity index (χ0) is 20.6. The van der Waals surface area contributed by atoms with Crippen molar-refractivity contribution in [2.24, 2.45) is 0 Å². The third-order valence-electron chi connectivity index (χ3n) is 5.69. The van der Waals surface area contributed by atoms with Crippen molar-refractivity contribution in [3.05, 3.63) is 115 Å². The van der Waals surface area contributed by atoms with Crippen molar-refractivity contribution in [1.29, 1.82) is 0 Å². The van der Waals surface area contributed by atoms with E-state index in [1.54, 1.807) is 0 Å². The Kier molecular flexibility index (Phi) is 4.10. The zero-order valence-corrected chi connectivity index (χ0v) is 16.8. The smallest absolute Gasteiger partial charge is 0.159 e. The van der Waals surface area contributed by atoms with E-state index in [0.29, 0.717) is 0 Å². The lowest BCUT2D eigenvalue weighted by molar-refractivity contribution is 1.16. The molecule has 0 saturated heterocycles. The summed E-state index contributed by atoms with van der Waals surface area (Å²) in [7, 11) is 0. The van der Waals surface area contributed by atoms with Gasteiger partial charge in [-0.2, -0.15) is 0 Å². The molecule has 146 valence electrons. The van der Waals surface area contributed by atoms with Gasteiger partial charge in [0.25, 0.3) is 0 Å². The van der Waals surface area contributed by atoms with Gasteiger partial charge in [0.15, 0.2) is 5.82 Å². The van der Waals surface area contributed by atoms with Gasteiger partial charge in [0.05, 0.1) is 16.7 Å². The minimum absolute atomic E-state index is 0.732. The molecule has 3 heteroatoms. The standard InChI is InChI=1S/C28H19N3/c1-2-8-20(9-3-1)25-18-19-29-28(30-25)21-14-16-22(17-15-21)31-26-12-6-4-10-23(26)24-11-5-7-13-27(24)31/h1-19H. The summed E-state index contributed by atoms with van der Waals surface area (Å²) in [6.45, 7) is 0. The minimum Gasteiger partial charge on any atom is -0.309 e. The molecule has 0 radical (unpaired) electrons. The second-order valence-electron chi connectivity index (χ2n) is 7.55. The van der Waals surface area contributed by atoms with Gasteiger partial charge < -0.3 is 4.57 Å². The van der Waals surface area contributed by atoms with E-state index in [4.69, 9.17) is 4.98 Å². The van der Waals surface area contributed by atoms with E-state index in [-0.39, 0.29) is 0 Å². The lowest BCUT2D eigenvalue weighted by Gasteiger charge is -2.09. The number of rotatable bonds is 3. The van der Waals surface area contributed by atoms with Gasteiger partial charge in [-0.15, -0.1) is 0 Å². The number of hydrogen-bond donors (Lipinski definition) is 0. The van der Waals surface area contributed by atoms with Gasteiger partial charge in [0.2, 0.25) is 0 Å². The average Bonchev–Trinajstić information content (AvgIpc) is 3.19. The fraction of sp³-hybridized carbons (Fsp3) is 0. The van der Waals surface area contributed by atoms with Crippen molar-refractivity contribution in [3.8, 4) is 28.3 Å². The van der Waals surface area contributed by atoms with Gasteiger partial charge in [-0.05, 0) is 42.5 Å². The quantitative estimate of drug-likeness (QED) is 0.325. The predicted octanol–water partition coefficient (Wildman–Crippen LogP) is 6.91. The van der Waals surface area contributed by atoms with Gasteiger partial charge >= 0.3 is 0 Å². The van der Waals surface area contributed by atoms with Crippen molar-refractivity contribution in [1.82, 2.24) is 14.5 Å². The summed E-state index contributed by atoms with van der Waals surface area (Å²) in [5.41, 5.74) is 6.56. The van der Waals surface area contributed by atoms with Crippen molar-refractivity contribution in [3.63, 3.8) is 0 Å². The molecule has 0 aliphatic rings. The van der Waals surface area contributed by atoms with Crippen LogP contribution in [0.4, 0.5) is 0 Å². The van der Waals surface area contributed by atoms with Crippen molar-refractivity contribution in [2.45, 2.75) is 0 Å². The normalized spacial score (nSPS) is 11.2. The Bertz CT molecular complexity index is 1460. The van der Waals surface area contributed by atoms with Crippen LogP contribution in [-0.4, -0.2) is 14.5 Å². The van der Waals surface area contributed by atoms with Crippen LogP contribution in [-0.2, 0) is 0 Å². The minimum atomic E-state index is 0.732. The number of para-hydroxylation sites is 2. The number of nitrogens with zero attached hydrogens (tertiary/aromatic N) is 3. The van der Waals surface area contributed by atoms with Gasteiger partial charge in [0, 0.05) is 33.8 Å². The molecule has 2 heterocycles. The van der Waals surface area contributed by atoms with E-state index >= 15 is 0 Å². The van der Waals surface area contributed by atoms with Crippen LogP contribution in [0.2, 0.25) is 0 Å². The molecule has 0 atom stereocenters. The first-order chi connectivity index (χ1) is 15.4. The predicted molar refractivity (Wildman–Crippen MR) is 127 cm³/mol. The Labute approximate surface area is 180 Å². The number of hydrogen-bond acceptors (Lipinski definition) is 2. The highest BCUT2D eigenvalue weighted by Gasteiger charge is 2.12. The monoisotopic (exact) mass is 397 g/mol. The van der Waals surface area contributed by atoms with Crippen LogP contribution in [0.5, 0.6) is 0 Å². The molecule has 0 aliphatic carbocycles. The molecule has 0 amide bonds. The van der Waals surface area contributed by atoms with Crippen LogP contribution in [0.15, 0.2) is 115 Å². The molecule has 0 unspecified atom stereocenters. The van der Waals surface area contributed by atoms with E-state index in [9.17, 15) is 0 Å². The molecule has 0 spiro atoms. The Morgan fingerprint density at radius 3 is 1.81 bits per heavy atom. The van der Waals surface area contributed by atoms with Crippen LogP contribution in [0.25, 0.3) is 50.1 Å². The van der Waals surface area contributed by atoms with Crippen LogP contribution in [0.3, 0.4) is 0 Å². The first kappa shape index (κ1) is 17.6. The number of fused-ring (bicyclic) bond motifs is 3. The Morgan fingerprint density at radius 2 is 1.13 bits per heavy atom. The number of aromatic nitrogens is 3. The second-order valence-corrected chi connectivity index (χ2v) is 7.55. The fourth-order valence-electron chi connectivity index (χ4n) is 4.23. The third-order valence-corrected chi connectivity index (χ3v) is 5.69. The Hall–Kier alpha value is -4.24. The highest BCUT2D eigenvalue weighted by Crippen LogP contribution is 2.32. The second kappa shape index (κ2) is 7.22. The molecular formula is C28H19N3. The molecule has 4 aromatic carbocycles. The molecule has 0 bridgehead atoms. The van der Waals surface area contributed by atoms with Crippen LogP contribution in [0.1, 0.15) is 0 Å². The van der Waals surface area contributed by atoms with E-state index in [1.807, 2.05) is 30.5 Å². The molecule has 0 fully saturated rings. The Morgan fingerprint density at radius 1 is 0.516 bits per heavy atom. The fourth-order valence-corrected chi connectivity index (χ4v) is 4.23. The molecule has 0 saturated carbocycles. The van der Waals surface area contributed by atoms with Crippen LogP contribution >= 0.6 is 0 Å². The Balaban J connectivity index is 1.45. The highest BCUT2D eigenvalue weighted by molar-refractivity contribution is 6.09. The van der Waals surface area contributed by atoms with Crippen molar-refractivity contribution >= 4 is 21.8 Å². The summed E-state index contributed by atoms with van der Waals surface area (Å²) in [4.78, 5) is 9.30. The molecule has 6 rings (SSSR count). The summed E-state index contributed by atoms with van der Waals surface area (Å²) in [6.07, 6.45) is 1.82. The molecule has 0 N–H and O–H groups in total. The largest absolute Gasteiger partial charge is 0.309 e. The average molecular weight is 397 g/mol. The first-order valence-corrected chi connectivity index (χ1v) is 10.4.